The van der Waals surface area contributed by atoms with Crippen LogP contribution in [0.3, 0.4) is 0 Å². The Balaban J connectivity index is 3.34. The zero-order valence-corrected chi connectivity index (χ0v) is 6.13. The van der Waals surface area contributed by atoms with E-state index < -0.39 is 0 Å². The number of aromatic nitrogens is 1. The van der Waals surface area contributed by atoms with E-state index in [0.29, 0.717) is 11.3 Å². The van der Waals surface area contributed by atoms with Crippen LogP contribution in [0, 0.1) is 30.6 Å². The topological polar surface area (TPSA) is 36.7 Å². The largest absolute Gasteiger partial charge is 0.244 e. The van der Waals surface area contributed by atoms with Gasteiger partial charge in [0.05, 0.1) is 5.56 Å². The molecule has 0 aliphatic heterocycles. The summed E-state index contributed by atoms with van der Waals surface area (Å²) in [6.45, 7) is 1.88. The van der Waals surface area contributed by atoms with Crippen LogP contribution in [0.4, 0.5) is 0 Å². The van der Waals surface area contributed by atoms with Crippen molar-refractivity contribution in [1.29, 1.82) is 5.26 Å². The molecule has 0 fully saturated rings. The predicted molar refractivity (Wildman–Crippen MR) is 41.6 cm³/mol. The third kappa shape index (κ3) is 1.36. The van der Waals surface area contributed by atoms with Crippen molar-refractivity contribution in [3.63, 3.8) is 0 Å². The maximum absolute atomic E-state index is 8.53. The number of aryl methyl sites for hydroxylation is 1. The van der Waals surface area contributed by atoms with Gasteiger partial charge >= 0.3 is 0 Å². The van der Waals surface area contributed by atoms with E-state index in [0.717, 1.165) is 5.56 Å². The molecular formula is C9H6N2. The second-order valence-electron chi connectivity index (χ2n) is 2.16. The zero-order valence-electron chi connectivity index (χ0n) is 6.13. The molecule has 0 aliphatic carbocycles. The van der Waals surface area contributed by atoms with Crippen molar-refractivity contribution >= 4 is 0 Å². The average molecular weight is 142 g/mol. The Labute approximate surface area is 65.5 Å². The lowest BCUT2D eigenvalue weighted by atomic mass is 10.1. The van der Waals surface area contributed by atoms with Crippen LogP contribution in [-0.2, 0) is 0 Å². The van der Waals surface area contributed by atoms with Crippen molar-refractivity contribution in [1.82, 2.24) is 4.98 Å². The molecule has 0 spiro atoms. The monoisotopic (exact) mass is 142 g/mol. The van der Waals surface area contributed by atoms with E-state index >= 15 is 0 Å². The van der Waals surface area contributed by atoms with E-state index in [9.17, 15) is 0 Å². The Kier molecular flexibility index (Phi) is 1.90. The lowest BCUT2D eigenvalue weighted by Crippen LogP contribution is -1.89. The molecule has 1 heterocycles. The number of nitrogens with zero attached hydrogens (tertiary/aromatic N) is 2. The van der Waals surface area contributed by atoms with Crippen LogP contribution in [0.15, 0.2) is 12.3 Å². The van der Waals surface area contributed by atoms with Crippen molar-refractivity contribution in [3.05, 3.63) is 29.1 Å². The van der Waals surface area contributed by atoms with Crippen LogP contribution in [0.5, 0.6) is 0 Å². The fourth-order valence-electron chi connectivity index (χ4n) is 0.768. The van der Waals surface area contributed by atoms with E-state index in [2.05, 4.69) is 10.9 Å². The predicted octanol–water partition coefficient (Wildman–Crippen LogP) is 1.24. The average Bonchev–Trinajstić information content (AvgIpc) is 2.04. The molecule has 1 aromatic heterocycles. The first-order chi connectivity index (χ1) is 5.27. The molecule has 0 saturated carbocycles. The molecule has 0 unspecified atom stereocenters. The highest BCUT2D eigenvalue weighted by Gasteiger charge is 1.98. The van der Waals surface area contributed by atoms with Gasteiger partial charge in [-0.1, -0.05) is 5.92 Å². The maximum atomic E-state index is 8.53. The fourth-order valence-corrected chi connectivity index (χ4v) is 0.768. The highest BCUT2D eigenvalue weighted by molar-refractivity contribution is 5.43. The van der Waals surface area contributed by atoms with Gasteiger partial charge in [0, 0.05) is 6.20 Å². The van der Waals surface area contributed by atoms with E-state index in [1.807, 2.05) is 13.0 Å². The van der Waals surface area contributed by atoms with Crippen molar-refractivity contribution in [2.24, 2.45) is 0 Å². The Morgan fingerprint density at radius 1 is 1.64 bits per heavy atom. The van der Waals surface area contributed by atoms with Gasteiger partial charge in [0.1, 0.15) is 6.07 Å². The zero-order chi connectivity index (χ0) is 8.27. The van der Waals surface area contributed by atoms with Gasteiger partial charge in [-0.2, -0.15) is 5.26 Å². The van der Waals surface area contributed by atoms with E-state index in [1.54, 1.807) is 12.3 Å². The minimum absolute atomic E-state index is 0.318. The van der Waals surface area contributed by atoms with Crippen LogP contribution in [-0.4, -0.2) is 4.98 Å². The molecule has 11 heavy (non-hydrogen) atoms. The Bertz CT molecular complexity index is 353. The van der Waals surface area contributed by atoms with Gasteiger partial charge in [-0.05, 0) is 18.6 Å². The summed E-state index contributed by atoms with van der Waals surface area (Å²) in [6, 6.07) is 3.69. The van der Waals surface area contributed by atoms with Crippen LogP contribution < -0.4 is 0 Å². The summed E-state index contributed by atoms with van der Waals surface area (Å²) in [7, 11) is 0. The van der Waals surface area contributed by atoms with Crippen molar-refractivity contribution in [2.45, 2.75) is 6.92 Å². The second kappa shape index (κ2) is 2.86. The van der Waals surface area contributed by atoms with Crippen LogP contribution >= 0.6 is 0 Å². The first-order valence-corrected chi connectivity index (χ1v) is 3.11. The van der Waals surface area contributed by atoms with E-state index in [-0.39, 0.29) is 0 Å². The minimum atomic E-state index is 0.318. The summed E-state index contributed by atoms with van der Waals surface area (Å²) in [4.78, 5) is 3.86. The number of hydrogen-bond acceptors (Lipinski definition) is 2. The number of rotatable bonds is 0. The molecule has 0 saturated heterocycles. The standard InChI is InChI=1S/C9H6N2/c1-3-8-4-7(2)6-11-9(8)5-10/h1,4,6H,2H3. The lowest BCUT2D eigenvalue weighted by Gasteiger charge is -1.94. The summed E-state index contributed by atoms with van der Waals surface area (Å²) in [5.74, 6) is 2.40. The van der Waals surface area contributed by atoms with E-state index in [1.165, 1.54) is 0 Å². The van der Waals surface area contributed by atoms with E-state index in [4.69, 9.17) is 11.7 Å². The third-order valence-electron chi connectivity index (χ3n) is 1.29. The summed E-state index contributed by atoms with van der Waals surface area (Å²) < 4.78 is 0. The number of terminal acetylenes is 1. The van der Waals surface area contributed by atoms with Gasteiger partial charge in [0.25, 0.3) is 0 Å². The summed E-state index contributed by atoms with van der Waals surface area (Å²) in [6.07, 6.45) is 6.78. The fraction of sp³-hybridized carbons (Fsp3) is 0.111. The van der Waals surface area contributed by atoms with Crippen molar-refractivity contribution in [2.75, 3.05) is 0 Å². The molecular weight excluding hydrogens is 136 g/mol. The van der Waals surface area contributed by atoms with Crippen molar-refractivity contribution < 1.29 is 0 Å². The van der Waals surface area contributed by atoms with Gasteiger partial charge in [-0.25, -0.2) is 4.98 Å². The van der Waals surface area contributed by atoms with Gasteiger partial charge in [0.15, 0.2) is 5.69 Å². The first kappa shape index (κ1) is 7.31. The van der Waals surface area contributed by atoms with Gasteiger partial charge in [-0.15, -0.1) is 6.42 Å². The number of nitriles is 1. The quantitative estimate of drug-likeness (QED) is 0.511. The highest BCUT2D eigenvalue weighted by Crippen LogP contribution is 2.04. The molecule has 0 N–H and O–H groups in total. The molecule has 2 heteroatoms. The summed E-state index contributed by atoms with van der Waals surface area (Å²) in [5.41, 5.74) is 1.85. The molecule has 1 rings (SSSR count). The minimum Gasteiger partial charge on any atom is -0.244 e. The Morgan fingerprint density at radius 2 is 2.36 bits per heavy atom. The smallest absolute Gasteiger partial charge is 0.156 e. The van der Waals surface area contributed by atoms with Crippen LogP contribution in [0.2, 0.25) is 0 Å². The number of hydrogen-bond donors (Lipinski definition) is 0. The molecule has 52 valence electrons. The molecule has 2 nitrogen and oxygen atoms in total. The summed E-state index contributed by atoms with van der Waals surface area (Å²) >= 11 is 0. The maximum Gasteiger partial charge on any atom is 0.156 e. The first-order valence-electron chi connectivity index (χ1n) is 3.11. The second-order valence-corrected chi connectivity index (χ2v) is 2.16. The van der Waals surface area contributed by atoms with Gasteiger partial charge in [-0.3, -0.25) is 0 Å². The van der Waals surface area contributed by atoms with Crippen LogP contribution in [0.25, 0.3) is 0 Å². The third-order valence-corrected chi connectivity index (χ3v) is 1.29. The molecule has 0 amide bonds. The highest BCUT2D eigenvalue weighted by atomic mass is 14.7. The molecule has 0 aliphatic rings. The molecule has 0 atom stereocenters. The van der Waals surface area contributed by atoms with Gasteiger partial charge in [0.2, 0.25) is 0 Å². The van der Waals surface area contributed by atoms with Crippen LogP contribution in [0.1, 0.15) is 16.8 Å². The van der Waals surface area contributed by atoms with Gasteiger partial charge < -0.3 is 0 Å². The SMILES string of the molecule is C#Cc1cc(C)cnc1C#N. The normalized spacial score (nSPS) is 8.27. The Hall–Kier alpha value is -1.80. The number of pyridine rings is 1. The molecule has 0 aromatic carbocycles. The lowest BCUT2D eigenvalue weighted by molar-refractivity contribution is 1.21. The molecule has 0 radical (unpaired) electrons. The molecule has 1 aromatic rings. The molecule has 0 bridgehead atoms. The summed E-state index contributed by atoms with van der Waals surface area (Å²) in [5, 5.41) is 8.53. The Morgan fingerprint density at radius 3 is 2.91 bits per heavy atom. The van der Waals surface area contributed by atoms with Crippen molar-refractivity contribution in [3.8, 4) is 18.4 Å².